The van der Waals surface area contributed by atoms with E-state index in [1.807, 2.05) is 7.05 Å². The third-order valence-electron chi connectivity index (χ3n) is 7.48. The van der Waals surface area contributed by atoms with Gasteiger partial charge < -0.3 is 15.1 Å². The summed E-state index contributed by atoms with van der Waals surface area (Å²) >= 11 is 0. The molecule has 0 atom stereocenters. The molecule has 1 N–H and O–H groups in total. The second kappa shape index (κ2) is 9.59. The number of hydrogen-bond acceptors (Lipinski definition) is 7. The molecule has 1 aromatic carbocycles. The molecule has 2 aromatic rings. The first kappa shape index (κ1) is 27.1. The van der Waals surface area contributed by atoms with Crippen molar-refractivity contribution in [3.63, 3.8) is 0 Å². The Morgan fingerprint density at radius 1 is 1.10 bits per heavy atom. The number of sulfone groups is 1. The minimum absolute atomic E-state index is 0.0271. The summed E-state index contributed by atoms with van der Waals surface area (Å²) in [6, 6.07) is 6.11. The van der Waals surface area contributed by atoms with E-state index in [0.717, 1.165) is 55.1 Å². The summed E-state index contributed by atoms with van der Waals surface area (Å²) in [4.78, 5) is 46.9. The number of pyridine rings is 1. The van der Waals surface area contributed by atoms with E-state index < -0.39 is 37.7 Å². The van der Waals surface area contributed by atoms with Crippen LogP contribution < -0.4 is 10.2 Å². The zero-order chi connectivity index (χ0) is 28.2. The molecule has 0 radical (unpaired) electrons. The Hall–Kier alpha value is -3.52. The Bertz CT molecular complexity index is 1420. The van der Waals surface area contributed by atoms with Crippen LogP contribution in [0, 0.1) is 5.92 Å². The maximum absolute atomic E-state index is 13.4. The smallest absolute Gasteiger partial charge is 0.310 e. The van der Waals surface area contributed by atoms with Crippen molar-refractivity contribution < 1.29 is 36.0 Å². The molecule has 4 amide bonds. The molecular formula is C25H26F3N5O5S. The van der Waals surface area contributed by atoms with Gasteiger partial charge in [0.1, 0.15) is 11.4 Å². The van der Waals surface area contributed by atoms with Gasteiger partial charge >= 0.3 is 11.5 Å². The first-order valence-electron chi connectivity index (χ1n) is 12.4. The lowest BCUT2D eigenvalue weighted by molar-refractivity contribution is -0.121. The Balaban J connectivity index is 1.32. The van der Waals surface area contributed by atoms with Gasteiger partial charge in [0.05, 0.1) is 10.6 Å². The van der Waals surface area contributed by atoms with Gasteiger partial charge in [-0.05, 0) is 87.8 Å². The largest absolute Gasteiger partial charge is 0.501 e. The van der Waals surface area contributed by atoms with Crippen molar-refractivity contribution >= 4 is 39.2 Å². The summed E-state index contributed by atoms with van der Waals surface area (Å²) in [6.07, 6.45) is 3.82. The van der Waals surface area contributed by atoms with Crippen LogP contribution in [-0.4, -0.2) is 72.2 Å². The summed E-state index contributed by atoms with van der Waals surface area (Å²) in [5, 5.41) is 2.83. The predicted molar refractivity (Wildman–Crippen MR) is 133 cm³/mol. The molecule has 1 aliphatic carbocycles. The van der Waals surface area contributed by atoms with Crippen molar-refractivity contribution in [1.82, 2.24) is 14.8 Å². The molecule has 1 spiro atoms. The Morgan fingerprint density at radius 2 is 1.74 bits per heavy atom. The fraction of sp³-hybridized carbons (Fsp3) is 0.440. The van der Waals surface area contributed by atoms with Crippen molar-refractivity contribution in [3.8, 4) is 0 Å². The third-order valence-corrected chi connectivity index (χ3v) is 8.98. The average Bonchev–Trinajstić information content (AvgIpc) is 3.66. The van der Waals surface area contributed by atoms with Crippen molar-refractivity contribution in [2.24, 2.45) is 5.92 Å². The van der Waals surface area contributed by atoms with Gasteiger partial charge in [-0.1, -0.05) is 0 Å². The minimum atomic E-state index is -5.57. The van der Waals surface area contributed by atoms with Crippen LogP contribution >= 0.6 is 0 Å². The topological polar surface area (TPSA) is 120 Å². The van der Waals surface area contributed by atoms with Gasteiger partial charge in [0.2, 0.25) is 5.91 Å². The molecule has 3 aliphatic rings. The number of carbonyl (C=O) groups excluding carboxylic acids is 3. The van der Waals surface area contributed by atoms with Gasteiger partial charge in [0.25, 0.3) is 15.7 Å². The van der Waals surface area contributed by atoms with Crippen LogP contribution in [0.4, 0.5) is 29.5 Å². The van der Waals surface area contributed by atoms with Crippen molar-refractivity contribution in [2.75, 3.05) is 30.4 Å². The molecule has 5 rings (SSSR count). The van der Waals surface area contributed by atoms with Gasteiger partial charge in [-0.15, -0.1) is 0 Å². The molecule has 3 heterocycles. The number of urea groups is 1. The van der Waals surface area contributed by atoms with E-state index >= 15 is 0 Å². The van der Waals surface area contributed by atoms with E-state index in [4.69, 9.17) is 0 Å². The summed E-state index contributed by atoms with van der Waals surface area (Å²) in [7, 11) is -3.56. The van der Waals surface area contributed by atoms with Gasteiger partial charge in [0, 0.05) is 18.7 Å². The van der Waals surface area contributed by atoms with Crippen LogP contribution in [-0.2, 0) is 26.0 Å². The maximum Gasteiger partial charge on any atom is 0.501 e. The summed E-state index contributed by atoms with van der Waals surface area (Å²) in [5.41, 5.74) is -5.95. The number of piperidine rings is 1. The van der Waals surface area contributed by atoms with Gasteiger partial charge in [-0.3, -0.25) is 9.59 Å². The average molecular weight is 566 g/mol. The second-order valence-corrected chi connectivity index (χ2v) is 12.0. The van der Waals surface area contributed by atoms with Crippen LogP contribution in [0.1, 0.15) is 31.2 Å². The van der Waals surface area contributed by atoms with Crippen molar-refractivity contribution in [1.29, 1.82) is 0 Å². The number of hydrogen-bond donors (Lipinski definition) is 1. The molecule has 10 nitrogen and oxygen atoms in total. The van der Waals surface area contributed by atoms with Crippen LogP contribution in [0.3, 0.4) is 0 Å². The zero-order valence-corrected chi connectivity index (χ0v) is 21.8. The number of carbonyl (C=O) groups is 3. The molecular weight excluding hydrogens is 539 g/mol. The lowest BCUT2D eigenvalue weighted by Crippen LogP contribution is -2.36. The van der Waals surface area contributed by atoms with E-state index in [1.54, 1.807) is 12.1 Å². The highest BCUT2D eigenvalue weighted by atomic mass is 32.2. The summed E-state index contributed by atoms with van der Waals surface area (Å²) < 4.78 is 62.0. The third kappa shape index (κ3) is 4.86. The van der Waals surface area contributed by atoms with Crippen LogP contribution in [0.25, 0.3) is 0 Å². The molecule has 2 aliphatic heterocycles. The normalized spacial score (nSPS) is 20.1. The molecule has 14 heteroatoms. The number of amides is 4. The van der Waals surface area contributed by atoms with Crippen LogP contribution in [0.2, 0.25) is 0 Å². The number of nitrogens with zero attached hydrogens (tertiary/aromatic N) is 4. The van der Waals surface area contributed by atoms with Gasteiger partial charge in [0.15, 0.2) is 0 Å². The summed E-state index contributed by atoms with van der Waals surface area (Å²) in [5.74, 6) is -0.437. The molecule has 0 bridgehead atoms. The number of nitrogens with one attached hydrogen (secondary N) is 1. The van der Waals surface area contributed by atoms with Crippen molar-refractivity contribution in [2.45, 2.75) is 48.2 Å². The quantitative estimate of drug-likeness (QED) is 0.535. The van der Waals surface area contributed by atoms with Gasteiger partial charge in [-0.25, -0.2) is 23.1 Å². The fourth-order valence-corrected chi connectivity index (χ4v) is 5.76. The maximum atomic E-state index is 13.4. The number of aromatic nitrogens is 1. The first-order valence-corrected chi connectivity index (χ1v) is 13.8. The van der Waals surface area contributed by atoms with Gasteiger partial charge in [-0.2, -0.15) is 13.2 Å². The molecule has 208 valence electrons. The standard InChI is InChI=1S/C25H26F3N5O5S/c1-31-12-7-17(8-13-31)21(34)30-20-14-16(6-11-29-20)15-32-23(36)33(22(35)24(32)9-10-24)18-2-4-19(5-3-18)39(37,38)25(26,27)28/h2-6,11,14,17H,7-10,12-13,15H2,1H3,(H,29,30,34). The highest BCUT2D eigenvalue weighted by Gasteiger charge is 2.65. The Labute approximate surface area is 222 Å². The number of halogens is 3. The minimum Gasteiger partial charge on any atom is -0.310 e. The lowest BCUT2D eigenvalue weighted by atomic mass is 9.96. The van der Waals surface area contributed by atoms with E-state index in [2.05, 4.69) is 15.2 Å². The number of imide groups is 1. The SMILES string of the molecule is CN1CCC(C(=O)Nc2cc(CN3C(=O)N(c4ccc(S(=O)(=O)C(F)(F)F)cc4)C(=O)C34CC4)ccn2)CC1. The predicted octanol–water partition coefficient (Wildman–Crippen LogP) is 3.16. The van der Waals surface area contributed by atoms with Crippen LogP contribution in [0.15, 0.2) is 47.5 Å². The monoisotopic (exact) mass is 565 g/mol. The van der Waals surface area contributed by atoms with Crippen LogP contribution in [0.5, 0.6) is 0 Å². The Morgan fingerprint density at radius 3 is 2.33 bits per heavy atom. The number of likely N-dealkylation sites (tertiary alicyclic amines) is 1. The molecule has 0 unspecified atom stereocenters. The van der Waals surface area contributed by atoms with Crippen molar-refractivity contribution in [3.05, 3.63) is 48.2 Å². The second-order valence-electron chi connectivity index (χ2n) is 10.1. The first-order chi connectivity index (χ1) is 18.3. The highest BCUT2D eigenvalue weighted by Crippen LogP contribution is 2.49. The molecule has 3 fully saturated rings. The van der Waals surface area contributed by atoms with E-state index in [1.165, 1.54) is 11.1 Å². The van der Waals surface area contributed by atoms with E-state index in [-0.39, 0.29) is 24.1 Å². The van der Waals surface area contributed by atoms with E-state index in [0.29, 0.717) is 24.2 Å². The number of alkyl halides is 3. The lowest BCUT2D eigenvalue weighted by Gasteiger charge is -2.28. The fourth-order valence-electron chi connectivity index (χ4n) is 4.99. The highest BCUT2D eigenvalue weighted by molar-refractivity contribution is 7.92. The molecule has 1 aromatic heterocycles. The van der Waals surface area contributed by atoms with E-state index in [9.17, 15) is 36.0 Å². The number of rotatable bonds is 6. The molecule has 2 saturated heterocycles. The molecule has 39 heavy (non-hydrogen) atoms. The number of benzene rings is 1. The number of anilines is 2. The molecule has 1 saturated carbocycles. The Kier molecular flexibility index (Phi) is 6.66. The summed E-state index contributed by atoms with van der Waals surface area (Å²) in [6.45, 7) is 1.70. The zero-order valence-electron chi connectivity index (χ0n) is 20.9.